The summed E-state index contributed by atoms with van der Waals surface area (Å²) in [4.78, 5) is 0. The molecule has 0 bridgehead atoms. The Kier molecular flexibility index (Phi) is 9.24. The molecule has 1 rings (SSSR count). The molecule has 0 N–H and O–H groups in total. The van der Waals surface area contributed by atoms with E-state index in [0.29, 0.717) is 0 Å². The van der Waals surface area contributed by atoms with Crippen LogP contribution in [0, 0.1) is 0 Å². The van der Waals surface area contributed by atoms with Gasteiger partial charge in [-0.25, -0.2) is 13.5 Å². The molecule has 0 radical (unpaired) electrons. The summed E-state index contributed by atoms with van der Waals surface area (Å²) in [5.41, 5.74) is -0.449. The fourth-order valence-corrected chi connectivity index (χ4v) is 3.64. The van der Waals surface area contributed by atoms with E-state index in [0.717, 1.165) is 32.1 Å². The molecule has 0 aromatic carbocycles. The minimum atomic E-state index is -2.61. The minimum Gasteiger partial charge on any atom is -0.481 e. The van der Waals surface area contributed by atoms with Gasteiger partial charge >= 0.3 is 0 Å². The Morgan fingerprint density at radius 3 is 2.21 bits per heavy atom. The van der Waals surface area contributed by atoms with Crippen LogP contribution in [-0.4, -0.2) is 16.9 Å². The Morgan fingerprint density at radius 1 is 1.08 bits per heavy atom. The van der Waals surface area contributed by atoms with Crippen molar-refractivity contribution in [2.75, 3.05) is 7.11 Å². The Labute approximate surface area is 153 Å². The third kappa shape index (κ3) is 5.43. The van der Waals surface area contributed by atoms with E-state index in [2.05, 4.69) is 41.8 Å². The maximum Gasteiger partial charge on any atom is 0.271 e. The summed E-state index contributed by atoms with van der Waals surface area (Å²) < 4.78 is 33.9. The Bertz CT molecular complexity index is 494. The van der Waals surface area contributed by atoms with Crippen LogP contribution in [0.4, 0.5) is 8.78 Å². The van der Waals surface area contributed by atoms with Gasteiger partial charge in [0.15, 0.2) is 0 Å². The molecule has 0 saturated heterocycles. The third-order valence-electron chi connectivity index (χ3n) is 4.64. The average Bonchev–Trinajstić information content (AvgIpc) is 2.90. The first-order chi connectivity index (χ1) is 11.4. The Balaban J connectivity index is 3.04. The molecular formula is C18H31BrF2N2O. The van der Waals surface area contributed by atoms with E-state index in [1.807, 2.05) is 0 Å². The zero-order chi connectivity index (χ0) is 18.2. The number of hydrogen-bond donors (Lipinski definition) is 0. The van der Waals surface area contributed by atoms with Gasteiger partial charge in [0.1, 0.15) is 10.2 Å². The van der Waals surface area contributed by atoms with Crippen LogP contribution in [0.15, 0.2) is 4.60 Å². The number of rotatable bonds is 12. The number of methoxy groups -OCH3 is 1. The monoisotopic (exact) mass is 408 g/mol. The molecule has 1 heterocycles. The number of aromatic nitrogens is 2. The van der Waals surface area contributed by atoms with Crippen molar-refractivity contribution in [3.05, 3.63) is 10.2 Å². The molecule has 3 nitrogen and oxygen atoms in total. The number of halogens is 3. The van der Waals surface area contributed by atoms with Gasteiger partial charge in [-0.3, -0.25) is 0 Å². The van der Waals surface area contributed by atoms with Gasteiger partial charge in [0.25, 0.3) is 6.43 Å². The number of nitrogens with zero attached hydrogens (tertiary/aromatic N) is 2. The van der Waals surface area contributed by atoms with Crippen molar-refractivity contribution in [3.63, 3.8) is 0 Å². The average molecular weight is 409 g/mol. The van der Waals surface area contributed by atoms with E-state index in [9.17, 15) is 8.78 Å². The van der Waals surface area contributed by atoms with E-state index in [1.54, 1.807) is 4.68 Å². The lowest BCUT2D eigenvalue weighted by Gasteiger charge is -2.31. The maximum atomic E-state index is 13.4. The first kappa shape index (κ1) is 21.4. The van der Waals surface area contributed by atoms with Crippen molar-refractivity contribution in [1.29, 1.82) is 0 Å². The summed E-state index contributed by atoms with van der Waals surface area (Å²) in [6.07, 6.45) is 7.25. The van der Waals surface area contributed by atoms with Crippen LogP contribution in [0.25, 0.3) is 0 Å². The van der Waals surface area contributed by atoms with Gasteiger partial charge in [-0.15, -0.1) is 0 Å². The van der Waals surface area contributed by atoms with E-state index >= 15 is 0 Å². The van der Waals surface area contributed by atoms with Crippen molar-refractivity contribution in [3.8, 4) is 5.88 Å². The van der Waals surface area contributed by atoms with Crippen LogP contribution in [0.2, 0.25) is 0 Å². The fourth-order valence-electron chi connectivity index (χ4n) is 3.14. The van der Waals surface area contributed by atoms with E-state index < -0.39 is 6.43 Å². The second-order valence-electron chi connectivity index (χ2n) is 6.69. The quantitative estimate of drug-likeness (QED) is 0.353. The van der Waals surface area contributed by atoms with Crippen LogP contribution in [-0.2, 0) is 5.54 Å². The molecule has 24 heavy (non-hydrogen) atoms. The smallest absolute Gasteiger partial charge is 0.271 e. The zero-order valence-electron chi connectivity index (χ0n) is 15.4. The van der Waals surface area contributed by atoms with Crippen molar-refractivity contribution in [2.24, 2.45) is 0 Å². The first-order valence-electron chi connectivity index (χ1n) is 9.02. The molecule has 0 aliphatic heterocycles. The van der Waals surface area contributed by atoms with E-state index in [-0.39, 0.29) is 21.6 Å². The molecule has 0 spiro atoms. The summed E-state index contributed by atoms with van der Waals surface area (Å²) in [7, 11) is 1.44. The van der Waals surface area contributed by atoms with E-state index in [1.165, 1.54) is 32.8 Å². The van der Waals surface area contributed by atoms with Crippen molar-refractivity contribution < 1.29 is 13.5 Å². The van der Waals surface area contributed by atoms with Gasteiger partial charge in [0.05, 0.1) is 12.6 Å². The minimum absolute atomic E-state index is 0.147. The highest BCUT2D eigenvalue weighted by molar-refractivity contribution is 9.10. The zero-order valence-corrected chi connectivity index (χ0v) is 17.0. The molecule has 1 atom stereocenters. The summed E-state index contributed by atoms with van der Waals surface area (Å²) in [6, 6.07) is 0. The normalized spacial score (nSPS) is 14.2. The Hall–Kier alpha value is -0.650. The maximum absolute atomic E-state index is 13.4. The number of alkyl halides is 2. The number of hydrogen-bond acceptors (Lipinski definition) is 2. The SMILES string of the molecule is CCCCCCCC(C)(CCCC)n1nc(Br)c(C(F)F)c1OC. The van der Waals surface area contributed by atoms with Gasteiger partial charge in [-0.2, -0.15) is 5.10 Å². The lowest BCUT2D eigenvalue weighted by Crippen LogP contribution is -2.32. The summed E-state index contributed by atoms with van der Waals surface area (Å²) in [6.45, 7) is 6.45. The van der Waals surface area contributed by atoms with Crippen molar-refractivity contribution in [1.82, 2.24) is 9.78 Å². The third-order valence-corrected chi connectivity index (χ3v) is 5.23. The lowest BCUT2D eigenvalue weighted by atomic mass is 9.88. The molecule has 0 aliphatic rings. The summed E-state index contributed by atoms with van der Waals surface area (Å²) in [5, 5.41) is 4.37. The molecule has 0 fully saturated rings. The molecule has 1 aromatic heterocycles. The van der Waals surface area contributed by atoms with Crippen LogP contribution in [0.1, 0.15) is 90.5 Å². The second kappa shape index (κ2) is 10.4. The van der Waals surface area contributed by atoms with Crippen LogP contribution in [0.5, 0.6) is 5.88 Å². The molecule has 6 heteroatoms. The molecular weight excluding hydrogens is 378 g/mol. The van der Waals surface area contributed by atoms with Gasteiger partial charge in [-0.1, -0.05) is 58.8 Å². The molecule has 1 aromatic rings. The lowest BCUT2D eigenvalue weighted by molar-refractivity contribution is 0.142. The predicted octanol–water partition coefficient (Wildman–Crippen LogP) is 6.86. The largest absolute Gasteiger partial charge is 0.481 e. The van der Waals surface area contributed by atoms with Gasteiger partial charge in [-0.05, 0) is 35.7 Å². The van der Waals surface area contributed by atoms with Gasteiger partial charge < -0.3 is 4.74 Å². The molecule has 0 saturated carbocycles. The van der Waals surface area contributed by atoms with Gasteiger partial charge in [0, 0.05) is 0 Å². The van der Waals surface area contributed by atoms with Crippen LogP contribution >= 0.6 is 15.9 Å². The van der Waals surface area contributed by atoms with E-state index in [4.69, 9.17) is 4.74 Å². The fraction of sp³-hybridized carbons (Fsp3) is 0.833. The standard InChI is InChI=1S/C18H31BrF2N2O/c1-5-7-9-10-11-13-18(3,12-8-6-2)23-17(24-4)14(16(20)21)15(19)22-23/h16H,5-13H2,1-4H3. The highest BCUT2D eigenvalue weighted by Crippen LogP contribution is 2.41. The molecule has 140 valence electrons. The van der Waals surface area contributed by atoms with Gasteiger partial charge in [0.2, 0.25) is 5.88 Å². The Morgan fingerprint density at radius 2 is 1.67 bits per heavy atom. The molecule has 1 unspecified atom stereocenters. The second-order valence-corrected chi connectivity index (χ2v) is 7.44. The van der Waals surface area contributed by atoms with Crippen molar-refractivity contribution in [2.45, 2.75) is 90.5 Å². The highest BCUT2D eigenvalue weighted by atomic mass is 79.9. The summed E-state index contributed by atoms with van der Waals surface area (Å²) >= 11 is 3.18. The highest BCUT2D eigenvalue weighted by Gasteiger charge is 2.34. The van der Waals surface area contributed by atoms with Crippen molar-refractivity contribution >= 4 is 15.9 Å². The topological polar surface area (TPSA) is 27.1 Å². The van der Waals surface area contributed by atoms with Crippen LogP contribution in [0.3, 0.4) is 0 Å². The number of unbranched alkanes of at least 4 members (excludes halogenated alkanes) is 5. The molecule has 0 aliphatic carbocycles. The first-order valence-corrected chi connectivity index (χ1v) is 9.81. The molecule has 0 amide bonds. The van der Waals surface area contributed by atoms with Crippen LogP contribution < -0.4 is 4.74 Å². The number of ether oxygens (including phenoxy) is 1. The summed E-state index contributed by atoms with van der Waals surface area (Å²) in [5.74, 6) is 0.184. The predicted molar refractivity (Wildman–Crippen MR) is 98.0 cm³/mol.